The van der Waals surface area contributed by atoms with E-state index in [4.69, 9.17) is 0 Å². The van der Waals surface area contributed by atoms with E-state index >= 15 is 0 Å². The molecule has 1 aliphatic carbocycles. The topological polar surface area (TPSA) is 47.0 Å². The van der Waals surface area contributed by atoms with Crippen molar-refractivity contribution >= 4 is 11.6 Å². The number of allylic oxidation sites excluding steroid dienone is 2. The highest BCUT2D eigenvalue weighted by Gasteiger charge is 2.31. The highest BCUT2D eigenvalue weighted by Crippen LogP contribution is 2.27. The summed E-state index contributed by atoms with van der Waals surface area (Å²) in [6.45, 7) is 1.53. The molecule has 3 rings (SSSR count). The van der Waals surface area contributed by atoms with Gasteiger partial charge in [0.15, 0.2) is 11.6 Å². The van der Waals surface area contributed by atoms with E-state index in [2.05, 4.69) is 4.98 Å². The van der Waals surface area contributed by atoms with Gasteiger partial charge in [0.05, 0.1) is 17.3 Å². The summed E-state index contributed by atoms with van der Waals surface area (Å²) in [6.07, 6.45) is 1.92. The maximum atomic E-state index is 13.9. The molecule has 3 nitrogen and oxygen atoms in total. The number of benzene rings is 1. The molecule has 0 saturated heterocycles. The minimum absolute atomic E-state index is 0.00879. The second-order valence-corrected chi connectivity index (χ2v) is 5.24. The van der Waals surface area contributed by atoms with Crippen molar-refractivity contribution in [2.75, 3.05) is 0 Å². The van der Waals surface area contributed by atoms with Crippen molar-refractivity contribution in [3.8, 4) is 0 Å². The zero-order chi connectivity index (χ0) is 16.7. The van der Waals surface area contributed by atoms with Gasteiger partial charge in [0.1, 0.15) is 17.5 Å². The van der Waals surface area contributed by atoms with Crippen molar-refractivity contribution in [1.82, 2.24) is 4.98 Å². The van der Waals surface area contributed by atoms with E-state index in [1.165, 1.54) is 13.0 Å². The minimum Gasteiger partial charge on any atom is -0.289 e. The molecule has 2 aromatic rings. The van der Waals surface area contributed by atoms with Gasteiger partial charge >= 0.3 is 0 Å². The number of hydrogen-bond acceptors (Lipinski definition) is 3. The number of carbonyl (C=O) groups is 2. The molecule has 0 bridgehead atoms. The fourth-order valence-corrected chi connectivity index (χ4v) is 2.49. The number of hydrogen-bond donors (Lipinski definition) is 0. The van der Waals surface area contributed by atoms with Crippen LogP contribution in [-0.4, -0.2) is 16.6 Å². The molecule has 6 heteroatoms. The molecule has 0 radical (unpaired) electrons. The monoisotopic (exact) mass is 317 g/mol. The largest absolute Gasteiger partial charge is 0.289 e. The zero-order valence-electron chi connectivity index (χ0n) is 12.0. The van der Waals surface area contributed by atoms with E-state index in [0.29, 0.717) is 11.3 Å². The van der Waals surface area contributed by atoms with Gasteiger partial charge in [-0.1, -0.05) is 0 Å². The molecule has 0 amide bonds. The Balaban J connectivity index is 2.02. The predicted octanol–water partition coefficient (Wildman–Crippen LogP) is 3.36. The van der Waals surface area contributed by atoms with Crippen molar-refractivity contribution in [2.24, 2.45) is 0 Å². The number of ketones is 2. The number of rotatable bonds is 2. The second-order valence-electron chi connectivity index (χ2n) is 5.24. The van der Waals surface area contributed by atoms with Gasteiger partial charge in [0, 0.05) is 17.7 Å². The highest BCUT2D eigenvalue weighted by molar-refractivity contribution is 6.24. The number of aromatic nitrogens is 1. The van der Waals surface area contributed by atoms with E-state index in [1.54, 1.807) is 0 Å². The van der Waals surface area contributed by atoms with Crippen LogP contribution in [-0.2, 0) is 6.42 Å². The van der Waals surface area contributed by atoms with Gasteiger partial charge in [0.2, 0.25) is 0 Å². The van der Waals surface area contributed by atoms with Gasteiger partial charge in [-0.15, -0.1) is 0 Å². The van der Waals surface area contributed by atoms with Gasteiger partial charge < -0.3 is 0 Å². The maximum Gasteiger partial charge on any atom is 0.193 e. The Morgan fingerprint density at radius 1 is 1.00 bits per heavy atom. The van der Waals surface area contributed by atoms with Crippen molar-refractivity contribution in [3.63, 3.8) is 0 Å². The van der Waals surface area contributed by atoms with Crippen LogP contribution in [0.25, 0.3) is 0 Å². The Hall–Kier alpha value is -2.76. The molecule has 23 heavy (non-hydrogen) atoms. The summed E-state index contributed by atoms with van der Waals surface area (Å²) in [5.41, 5.74) is -0.432. The summed E-state index contributed by atoms with van der Waals surface area (Å²) in [5, 5.41) is 0. The summed E-state index contributed by atoms with van der Waals surface area (Å²) in [5.74, 6) is -3.92. The molecule has 0 atom stereocenters. The Labute approximate surface area is 129 Å². The molecule has 1 heterocycles. The maximum absolute atomic E-state index is 13.9. The SMILES string of the molecule is Cc1cc(CC2=CC(=O)c3c(F)ccc(F)c3C2=O)ncc1F. The first-order valence-electron chi connectivity index (χ1n) is 6.77. The van der Waals surface area contributed by atoms with E-state index in [1.807, 2.05) is 0 Å². The van der Waals surface area contributed by atoms with Crippen LogP contribution < -0.4 is 0 Å². The Kier molecular flexibility index (Phi) is 3.60. The molecular formula is C17H10F3NO2. The van der Waals surface area contributed by atoms with Crippen LogP contribution in [0.4, 0.5) is 13.2 Å². The van der Waals surface area contributed by atoms with Crippen LogP contribution in [0.1, 0.15) is 32.0 Å². The summed E-state index contributed by atoms with van der Waals surface area (Å²) >= 11 is 0. The second kappa shape index (κ2) is 5.46. The van der Waals surface area contributed by atoms with Crippen LogP contribution >= 0.6 is 0 Å². The lowest BCUT2D eigenvalue weighted by molar-refractivity contribution is 0.0975. The third-order valence-corrected chi connectivity index (χ3v) is 3.65. The summed E-state index contributed by atoms with van der Waals surface area (Å²) < 4.78 is 40.8. The van der Waals surface area contributed by atoms with Gasteiger partial charge in [-0.05, 0) is 36.8 Å². The highest BCUT2D eigenvalue weighted by atomic mass is 19.1. The number of Topliss-reactive ketones (excluding diaryl/α,β-unsaturated/α-hetero) is 1. The van der Waals surface area contributed by atoms with Crippen LogP contribution in [0.5, 0.6) is 0 Å². The smallest absolute Gasteiger partial charge is 0.193 e. The molecule has 0 N–H and O–H groups in total. The lowest BCUT2D eigenvalue weighted by Crippen LogP contribution is -2.21. The van der Waals surface area contributed by atoms with E-state index in [9.17, 15) is 22.8 Å². The molecule has 0 fully saturated rings. The first-order valence-corrected chi connectivity index (χ1v) is 6.77. The summed E-state index contributed by atoms with van der Waals surface area (Å²) in [6, 6.07) is 3.05. The van der Waals surface area contributed by atoms with Crippen LogP contribution in [0, 0.1) is 24.4 Å². The van der Waals surface area contributed by atoms with Crippen molar-refractivity contribution in [2.45, 2.75) is 13.3 Å². The number of fused-ring (bicyclic) bond motifs is 1. The Morgan fingerprint density at radius 2 is 1.65 bits per heavy atom. The normalized spacial score (nSPS) is 13.8. The third-order valence-electron chi connectivity index (χ3n) is 3.65. The molecule has 0 spiro atoms. The van der Waals surface area contributed by atoms with E-state index in [-0.39, 0.29) is 12.0 Å². The van der Waals surface area contributed by atoms with Gasteiger partial charge in [0.25, 0.3) is 0 Å². The fraction of sp³-hybridized carbons (Fsp3) is 0.118. The van der Waals surface area contributed by atoms with Gasteiger partial charge in [-0.2, -0.15) is 0 Å². The Morgan fingerprint density at radius 3 is 2.30 bits per heavy atom. The molecule has 116 valence electrons. The van der Waals surface area contributed by atoms with Crippen LogP contribution in [0.2, 0.25) is 0 Å². The van der Waals surface area contributed by atoms with Crippen molar-refractivity contribution < 1.29 is 22.8 Å². The number of halogens is 3. The quantitative estimate of drug-likeness (QED) is 0.853. The summed E-state index contributed by atoms with van der Waals surface area (Å²) in [7, 11) is 0. The fourth-order valence-electron chi connectivity index (χ4n) is 2.49. The molecule has 0 unspecified atom stereocenters. The summed E-state index contributed by atoms with van der Waals surface area (Å²) in [4.78, 5) is 28.2. The van der Waals surface area contributed by atoms with E-state index < -0.39 is 40.1 Å². The first-order chi connectivity index (χ1) is 10.9. The molecule has 1 aliphatic rings. The van der Waals surface area contributed by atoms with Crippen LogP contribution in [0.3, 0.4) is 0 Å². The zero-order valence-corrected chi connectivity index (χ0v) is 12.0. The predicted molar refractivity (Wildman–Crippen MR) is 75.7 cm³/mol. The number of pyridine rings is 1. The van der Waals surface area contributed by atoms with Crippen LogP contribution in [0.15, 0.2) is 36.0 Å². The number of aryl methyl sites for hydroxylation is 1. The lowest BCUT2D eigenvalue weighted by Gasteiger charge is -2.16. The molecule has 0 saturated carbocycles. The number of nitrogens with zero attached hydrogens (tertiary/aromatic N) is 1. The van der Waals surface area contributed by atoms with Crippen molar-refractivity contribution in [3.05, 3.63) is 75.9 Å². The Bertz CT molecular complexity index is 888. The van der Waals surface area contributed by atoms with Crippen molar-refractivity contribution in [1.29, 1.82) is 0 Å². The lowest BCUT2D eigenvalue weighted by atomic mass is 9.86. The molecule has 1 aromatic carbocycles. The third kappa shape index (κ3) is 2.56. The standard InChI is InChI=1S/C17H10F3NO2/c1-8-4-10(21-7-13(8)20)5-9-6-14(22)15-11(18)2-3-12(19)16(15)17(9)23/h2-4,6-7H,5H2,1H3. The minimum atomic E-state index is -0.950. The molecular weight excluding hydrogens is 307 g/mol. The van der Waals surface area contributed by atoms with E-state index in [0.717, 1.165) is 24.4 Å². The van der Waals surface area contributed by atoms with Gasteiger partial charge in [-0.25, -0.2) is 13.2 Å². The first kappa shape index (κ1) is 15.1. The molecule has 0 aliphatic heterocycles. The van der Waals surface area contributed by atoms with Gasteiger partial charge in [-0.3, -0.25) is 14.6 Å². The average Bonchev–Trinajstić information content (AvgIpc) is 2.50. The average molecular weight is 317 g/mol. The molecule has 1 aromatic heterocycles. The number of carbonyl (C=O) groups excluding carboxylic acids is 2.